The van der Waals surface area contributed by atoms with E-state index in [0.717, 1.165) is 121 Å². The molecule has 6 N–H and O–H groups in total. The summed E-state index contributed by atoms with van der Waals surface area (Å²) >= 11 is 0. The molecule has 1 spiro atoms. The lowest BCUT2D eigenvalue weighted by atomic mass is 9.74. The predicted octanol–water partition coefficient (Wildman–Crippen LogP) is 12.6. The van der Waals surface area contributed by atoms with Crippen LogP contribution >= 0.6 is 0 Å². The fourth-order valence-electron chi connectivity index (χ4n) is 16.7. The maximum absolute atomic E-state index is 14.9. The number of halogens is 3. The molecule has 508 valence electrons. The van der Waals surface area contributed by atoms with E-state index < -0.39 is 11.9 Å². The molecule has 3 saturated heterocycles. The number of aliphatic imine (C=N–C) groups is 1. The van der Waals surface area contributed by atoms with Gasteiger partial charge in [-0.1, -0.05) is 98.0 Å². The molecule has 17 heteroatoms. The molecule has 11 atom stereocenters. The van der Waals surface area contributed by atoms with Gasteiger partial charge in [-0.2, -0.15) is 13.2 Å². The maximum Gasteiger partial charge on any atom is 0.433 e. The Balaban J connectivity index is 1.09. The summed E-state index contributed by atoms with van der Waals surface area (Å²) in [6.07, 6.45) is 35.5. The van der Waals surface area contributed by atoms with Crippen molar-refractivity contribution in [2.75, 3.05) is 66.5 Å². The van der Waals surface area contributed by atoms with Gasteiger partial charge in [-0.3, -0.25) is 19.7 Å². The van der Waals surface area contributed by atoms with E-state index >= 15 is 0 Å². The minimum absolute atomic E-state index is 0.0252. The fourth-order valence-corrected chi connectivity index (χ4v) is 16.7. The molecule has 4 aliphatic heterocycles. The molecule has 14 nitrogen and oxygen atoms in total. The van der Waals surface area contributed by atoms with Crippen LogP contribution in [0.4, 0.5) is 13.2 Å². The van der Waals surface area contributed by atoms with Crippen LogP contribution in [0.25, 0.3) is 0 Å². The Morgan fingerprint density at radius 1 is 0.800 bits per heavy atom. The molecule has 1 aromatic rings. The van der Waals surface area contributed by atoms with Gasteiger partial charge in [0.15, 0.2) is 0 Å². The summed E-state index contributed by atoms with van der Waals surface area (Å²) in [6.45, 7) is 28.3. The Bertz CT molecular complexity index is 2460. The van der Waals surface area contributed by atoms with E-state index in [1.54, 1.807) is 0 Å². The minimum Gasteiger partial charge on any atom is -0.369 e. The molecule has 8 rings (SSSR count). The number of allylic oxidation sites excluding steroid dienone is 4. The second kappa shape index (κ2) is 34.9. The van der Waals surface area contributed by atoms with Crippen molar-refractivity contribution in [3.63, 3.8) is 0 Å². The number of fused-ring (bicyclic) bond motifs is 2. The SMILES string of the molecule is CC[C@H](C)[C@H]1CN[C@@H](CC(C)C)C(C)NCC2[C@@H](C(=O)N3CCCCC3)C(C)N2[C@@H](C2CCCC2)C(C)NC2(CCCC2)CNCCN=CC=C(CCc2ccc(C(F)(F)F)nc2)NC=CN(C)C=C(CC2CCCCC2)N(C)C=C2CCCN2[C@@H](C)C(C)N1. The smallest absolute Gasteiger partial charge is 0.369 e. The lowest BCUT2D eigenvalue weighted by molar-refractivity contribution is -0.162. The van der Waals surface area contributed by atoms with Crippen LogP contribution in [0.3, 0.4) is 0 Å². The van der Waals surface area contributed by atoms with Crippen molar-refractivity contribution >= 4 is 12.1 Å². The lowest BCUT2D eigenvalue weighted by Crippen LogP contribution is -2.76. The van der Waals surface area contributed by atoms with Crippen molar-refractivity contribution in [2.45, 2.75) is 276 Å². The number of aromatic nitrogens is 1. The molecule has 5 heterocycles. The molecular weight excluding hydrogens is 1130 g/mol. The third-order valence-electron chi connectivity index (χ3n) is 22.4. The van der Waals surface area contributed by atoms with Crippen molar-refractivity contribution in [2.24, 2.45) is 34.6 Å². The van der Waals surface area contributed by atoms with Crippen LogP contribution in [0.15, 0.2) is 71.3 Å². The summed E-state index contributed by atoms with van der Waals surface area (Å²) in [5.74, 6) is 2.58. The number of alkyl halides is 3. The molecule has 3 aliphatic carbocycles. The number of piperidine rings is 1. The molecule has 1 aromatic heterocycles. The number of hydrogen-bond donors (Lipinski definition) is 6. The zero-order valence-corrected chi connectivity index (χ0v) is 57.9. The molecule has 5 unspecified atom stereocenters. The summed E-state index contributed by atoms with van der Waals surface area (Å²) in [7, 11) is 4.34. The van der Waals surface area contributed by atoms with Crippen LogP contribution in [-0.2, 0) is 17.4 Å². The van der Waals surface area contributed by atoms with Crippen molar-refractivity contribution < 1.29 is 18.0 Å². The monoisotopic (exact) mass is 1260 g/mol. The summed E-state index contributed by atoms with van der Waals surface area (Å²) in [5, 5.41) is 24.4. The highest BCUT2D eigenvalue weighted by Crippen LogP contribution is 2.44. The van der Waals surface area contributed by atoms with Gasteiger partial charge in [-0.05, 0) is 159 Å². The number of amides is 1. The highest BCUT2D eigenvalue weighted by molar-refractivity contribution is 5.81. The second-order valence-electron chi connectivity index (χ2n) is 29.6. The Morgan fingerprint density at radius 3 is 2.21 bits per heavy atom. The number of carbonyl (C=O) groups is 1. The van der Waals surface area contributed by atoms with Crippen LogP contribution in [-0.4, -0.2) is 168 Å². The third kappa shape index (κ3) is 20.3. The molecule has 1 amide bonds. The van der Waals surface area contributed by atoms with E-state index in [1.807, 2.05) is 18.5 Å². The van der Waals surface area contributed by atoms with Gasteiger partial charge in [-0.25, -0.2) is 0 Å². The zero-order chi connectivity index (χ0) is 64.4. The van der Waals surface area contributed by atoms with E-state index in [9.17, 15) is 18.0 Å². The normalized spacial score (nSPS) is 30.9. The number of nitrogens with zero attached hydrogens (tertiary/aromatic N) is 7. The van der Waals surface area contributed by atoms with E-state index in [1.165, 1.54) is 101 Å². The van der Waals surface area contributed by atoms with Gasteiger partial charge in [-0.15, -0.1) is 0 Å². The minimum atomic E-state index is -4.48. The highest BCUT2D eigenvalue weighted by Gasteiger charge is 2.56. The van der Waals surface area contributed by atoms with Crippen molar-refractivity contribution in [1.82, 2.24) is 61.4 Å². The van der Waals surface area contributed by atoms with E-state index in [2.05, 4.69) is 156 Å². The van der Waals surface area contributed by atoms with Gasteiger partial charge in [0.25, 0.3) is 0 Å². The molecular formula is C73H124F3N13O. The number of likely N-dealkylation sites (tertiary alicyclic amines) is 1. The van der Waals surface area contributed by atoms with Crippen molar-refractivity contribution in [1.29, 1.82) is 0 Å². The largest absolute Gasteiger partial charge is 0.433 e. The predicted molar refractivity (Wildman–Crippen MR) is 366 cm³/mol. The molecule has 0 radical (unpaired) electrons. The number of carbonyl (C=O) groups excluding carboxylic acids is 1. The van der Waals surface area contributed by atoms with Gasteiger partial charge in [0.2, 0.25) is 5.91 Å². The molecule has 3 saturated carbocycles. The lowest BCUT2D eigenvalue weighted by Gasteiger charge is -2.60. The van der Waals surface area contributed by atoms with E-state index in [-0.39, 0.29) is 47.7 Å². The molecule has 0 bridgehead atoms. The summed E-state index contributed by atoms with van der Waals surface area (Å²) < 4.78 is 40.4. The number of pyridine rings is 1. The van der Waals surface area contributed by atoms with Gasteiger partial charge < -0.3 is 51.5 Å². The van der Waals surface area contributed by atoms with Crippen molar-refractivity contribution in [3.8, 4) is 0 Å². The molecule has 7 aliphatic rings. The summed E-state index contributed by atoms with van der Waals surface area (Å²) in [4.78, 5) is 35.9. The topological polar surface area (TPSA) is 131 Å². The van der Waals surface area contributed by atoms with Crippen molar-refractivity contribution in [3.05, 3.63) is 77.6 Å². The first-order valence-corrected chi connectivity index (χ1v) is 36.3. The van der Waals surface area contributed by atoms with E-state index in [4.69, 9.17) is 4.99 Å². The number of rotatable bonds is 11. The molecule has 90 heavy (non-hydrogen) atoms. The van der Waals surface area contributed by atoms with Crippen LogP contribution in [0.1, 0.15) is 215 Å². The Labute approximate surface area is 543 Å². The Kier molecular flexibility index (Phi) is 27.9. The molecule has 0 aromatic carbocycles. The van der Waals surface area contributed by atoms with Gasteiger partial charge in [0.1, 0.15) is 5.69 Å². The van der Waals surface area contributed by atoms with Gasteiger partial charge >= 0.3 is 6.18 Å². The number of aryl methyl sites for hydroxylation is 1. The standard InChI is InChI=1S/C73H124F3N13O/c1-12-53(4)66-47-81-65(44-52(2)3)55(6)80-48-67-69(71(90)87-40-21-14-22-41-87)58(9)89(67)70(61-26-17-18-27-61)56(7)84-72(34-19-20-35-72)51-78-38-37-77-36-33-62(31-29-60-30-32-68(82-46-60)73(74,75)76)79-39-43-85(10)49-64(45-59-24-15-13-16-25-59)86(11)50-63-28-23-42-88(63)57(8)54(5)83-66/h30,32-33,36,39,43,46,49-50,52-59,61,65-67,69-70,78-81,83-84H,12-29,31,34-35,37-38,40-42,44-45,47-48,51H2,1-11H3/t53-,54?,55?,56?,57-,58?,65-,66+,67?,69-,70+/m0/s1. The second-order valence-corrected chi connectivity index (χ2v) is 29.6. The van der Waals surface area contributed by atoms with Crippen LogP contribution < -0.4 is 31.9 Å². The Morgan fingerprint density at radius 2 is 1.52 bits per heavy atom. The molecule has 6 fully saturated rings. The maximum atomic E-state index is 14.9. The van der Waals surface area contributed by atoms with Crippen LogP contribution in [0.2, 0.25) is 0 Å². The van der Waals surface area contributed by atoms with Gasteiger partial charge in [0, 0.05) is 174 Å². The average molecular weight is 1260 g/mol. The Hall–Kier alpha value is -4.00. The summed E-state index contributed by atoms with van der Waals surface area (Å²) in [5.41, 5.74) is 3.44. The third-order valence-corrected chi connectivity index (χ3v) is 22.4. The number of nitrogens with one attached hydrogen (secondary N) is 6. The van der Waals surface area contributed by atoms with E-state index in [0.29, 0.717) is 67.1 Å². The quantitative estimate of drug-likeness (QED) is 0.126. The van der Waals surface area contributed by atoms with Gasteiger partial charge in [0.05, 0.1) is 12.5 Å². The average Bonchev–Trinajstić information content (AvgIpc) is 0.928. The van der Waals surface area contributed by atoms with Crippen LogP contribution in [0.5, 0.6) is 0 Å². The highest BCUT2D eigenvalue weighted by atomic mass is 19.4. The first-order valence-electron chi connectivity index (χ1n) is 36.3. The zero-order valence-electron chi connectivity index (χ0n) is 57.9. The fraction of sp³-hybridized carbons (Fsp3) is 0.795. The summed E-state index contributed by atoms with van der Waals surface area (Å²) in [6, 6.07) is 4.78. The first kappa shape index (κ1) is 71.8. The van der Waals surface area contributed by atoms with Crippen LogP contribution in [0, 0.1) is 29.6 Å². The number of hydrogen-bond acceptors (Lipinski definition) is 13. The first-order chi connectivity index (χ1) is 43.2.